The van der Waals surface area contributed by atoms with Gasteiger partial charge < -0.3 is 14.6 Å². The molecule has 3 aromatic rings. The summed E-state index contributed by atoms with van der Waals surface area (Å²) in [4.78, 5) is 22.0. The fraction of sp³-hybridized carbons (Fsp3) is 0.368. The highest BCUT2D eigenvalue weighted by Gasteiger charge is 2.47. The van der Waals surface area contributed by atoms with Crippen LogP contribution in [0.2, 0.25) is 0 Å². The van der Waals surface area contributed by atoms with Crippen molar-refractivity contribution < 1.29 is 49.1 Å². The zero-order valence-electron chi connectivity index (χ0n) is 17.3. The van der Waals surface area contributed by atoms with E-state index in [4.69, 9.17) is 4.74 Å². The minimum absolute atomic E-state index is 0.0167. The van der Waals surface area contributed by atoms with Crippen LogP contribution in [0.5, 0.6) is 0 Å². The number of hydrogen-bond donors (Lipinski definition) is 1. The minimum Gasteiger partial charge on any atom is -0.381 e. The van der Waals surface area contributed by atoms with Crippen LogP contribution in [0.25, 0.3) is 21.5 Å². The average molecular weight is 543 g/mol. The van der Waals surface area contributed by atoms with Crippen molar-refractivity contribution in [2.45, 2.75) is 35.4 Å². The summed E-state index contributed by atoms with van der Waals surface area (Å²) in [6, 6.07) is 3.47. The number of ether oxygens (including phenoxy) is 1. The molecule has 0 aliphatic carbocycles. The molecule has 4 rings (SSSR count). The number of rotatable bonds is 5. The Kier molecular flexibility index (Phi) is 6.58. The van der Waals surface area contributed by atoms with E-state index in [1.165, 1.54) is 18.3 Å². The molecule has 0 bridgehead atoms. The fourth-order valence-corrected chi connectivity index (χ4v) is 6.31. The van der Waals surface area contributed by atoms with Gasteiger partial charge in [0, 0.05) is 35.2 Å². The second-order valence-electron chi connectivity index (χ2n) is 7.40. The van der Waals surface area contributed by atoms with Crippen molar-refractivity contribution in [3.05, 3.63) is 36.2 Å². The van der Waals surface area contributed by atoms with Crippen molar-refractivity contribution in [1.29, 1.82) is 0 Å². The van der Waals surface area contributed by atoms with E-state index in [-0.39, 0.29) is 52.0 Å². The Morgan fingerprint density at radius 3 is 2.46 bits per heavy atom. The van der Waals surface area contributed by atoms with Crippen LogP contribution in [0.15, 0.2) is 34.7 Å². The van der Waals surface area contributed by atoms with Gasteiger partial charge in [0.05, 0.1) is 6.04 Å². The number of H-pyrrole nitrogens is 1. The number of aromatic nitrogens is 2. The number of hydroxylamine groups is 1. The molecule has 0 radical (unpaired) electrons. The molecule has 190 valence electrons. The molecule has 1 fully saturated rings. The van der Waals surface area contributed by atoms with E-state index < -0.39 is 44.3 Å². The first kappa shape index (κ1) is 25.4. The molecule has 0 aromatic carbocycles. The van der Waals surface area contributed by atoms with Crippen LogP contribution in [-0.2, 0) is 30.6 Å². The number of pyridine rings is 1. The molecule has 1 aliphatic heterocycles. The quantitative estimate of drug-likeness (QED) is 0.376. The zero-order valence-corrected chi connectivity index (χ0v) is 18.9. The highest BCUT2D eigenvalue weighted by Crippen LogP contribution is 2.39. The number of carbonyl (C=O) groups excluding carboxylic acids is 1. The molecule has 35 heavy (non-hydrogen) atoms. The van der Waals surface area contributed by atoms with Crippen molar-refractivity contribution in [2.75, 3.05) is 13.2 Å². The molecule has 0 unspecified atom stereocenters. The fourth-order valence-electron chi connectivity index (χ4n) is 3.44. The van der Waals surface area contributed by atoms with Gasteiger partial charge in [0.2, 0.25) is 0 Å². The number of hydrogen-bond acceptors (Lipinski definition) is 7. The molecule has 16 heteroatoms. The number of aromatic amines is 1. The van der Waals surface area contributed by atoms with E-state index in [0.29, 0.717) is 11.3 Å². The topological polar surface area (TPSA) is 102 Å². The van der Waals surface area contributed by atoms with Gasteiger partial charge in [-0.05, 0) is 41.6 Å². The molecule has 0 spiro atoms. The van der Waals surface area contributed by atoms with E-state index >= 15 is 0 Å². The van der Waals surface area contributed by atoms with E-state index in [1.54, 1.807) is 0 Å². The van der Waals surface area contributed by atoms with Crippen molar-refractivity contribution in [3.8, 4) is 10.4 Å². The van der Waals surface area contributed by atoms with E-state index in [1.807, 2.05) is 0 Å². The number of fused-ring (bicyclic) bond motifs is 1. The number of thiophene rings is 1. The van der Waals surface area contributed by atoms with E-state index in [2.05, 4.69) is 14.8 Å². The average Bonchev–Trinajstić information content (AvgIpc) is 3.44. The number of halogens is 6. The van der Waals surface area contributed by atoms with Gasteiger partial charge in [0.25, 0.3) is 10.0 Å². The first-order valence-electron chi connectivity index (χ1n) is 9.85. The molecule has 8 nitrogen and oxygen atoms in total. The Labute approximate surface area is 197 Å². The molecule has 0 amide bonds. The summed E-state index contributed by atoms with van der Waals surface area (Å²) in [6.07, 6.45) is -8.92. The van der Waals surface area contributed by atoms with Gasteiger partial charge >= 0.3 is 18.3 Å². The predicted octanol–water partition coefficient (Wildman–Crippen LogP) is 4.50. The van der Waals surface area contributed by atoms with Gasteiger partial charge in [0.1, 0.15) is 15.6 Å². The molecule has 3 aromatic heterocycles. The molecule has 1 aliphatic rings. The lowest BCUT2D eigenvalue weighted by molar-refractivity contribution is -0.229. The monoisotopic (exact) mass is 543 g/mol. The Morgan fingerprint density at radius 2 is 1.83 bits per heavy atom. The summed E-state index contributed by atoms with van der Waals surface area (Å²) < 4.78 is 109. The van der Waals surface area contributed by atoms with Gasteiger partial charge in [-0.2, -0.15) is 26.3 Å². The SMILES string of the molecule is O=C(ON(C1CCOCC1)S(=O)(=O)c1ccc(-c2ccnc3[nH]c(C(F)(F)F)cc23)s1)C(F)(F)F. The van der Waals surface area contributed by atoms with Crippen molar-refractivity contribution >= 4 is 38.4 Å². The van der Waals surface area contributed by atoms with Crippen LogP contribution in [0.3, 0.4) is 0 Å². The van der Waals surface area contributed by atoms with Crippen LogP contribution < -0.4 is 0 Å². The zero-order chi connectivity index (χ0) is 25.6. The first-order chi connectivity index (χ1) is 16.3. The summed E-state index contributed by atoms with van der Waals surface area (Å²) in [5.41, 5.74) is -0.921. The summed E-state index contributed by atoms with van der Waals surface area (Å²) in [5.74, 6) is -2.70. The van der Waals surface area contributed by atoms with E-state index in [0.717, 1.165) is 12.1 Å². The van der Waals surface area contributed by atoms with Crippen molar-refractivity contribution in [2.24, 2.45) is 0 Å². The van der Waals surface area contributed by atoms with Crippen LogP contribution in [-0.4, -0.2) is 54.3 Å². The number of nitrogens with one attached hydrogen (secondary N) is 1. The van der Waals surface area contributed by atoms with Crippen LogP contribution in [0.1, 0.15) is 18.5 Å². The Bertz CT molecular complexity index is 1340. The highest BCUT2D eigenvalue weighted by molar-refractivity contribution is 7.91. The molecule has 0 atom stereocenters. The van der Waals surface area contributed by atoms with Crippen LogP contribution in [0, 0.1) is 0 Å². The summed E-state index contributed by atoms with van der Waals surface area (Å²) >= 11 is 0.595. The number of alkyl halides is 6. The summed E-state index contributed by atoms with van der Waals surface area (Å²) in [5, 5.41) is 0.0652. The third-order valence-corrected chi connectivity index (χ3v) is 8.35. The third-order valence-electron chi connectivity index (χ3n) is 5.07. The minimum atomic E-state index is -5.44. The van der Waals surface area contributed by atoms with Gasteiger partial charge in [-0.3, -0.25) is 0 Å². The molecule has 4 heterocycles. The summed E-state index contributed by atoms with van der Waals surface area (Å²) in [7, 11) is -4.76. The largest absolute Gasteiger partial charge is 0.492 e. The molecule has 1 N–H and O–H groups in total. The Hall–Kier alpha value is -2.69. The normalized spacial score (nSPS) is 16.2. The first-order valence-corrected chi connectivity index (χ1v) is 12.1. The number of carbonyl (C=O) groups is 1. The second-order valence-corrected chi connectivity index (χ2v) is 10.5. The van der Waals surface area contributed by atoms with Gasteiger partial charge in [0.15, 0.2) is 0 Å². The van der Waals surface area contributed by atoms with Crippen molar-refractivity contribution in [3.63, 3.8) is 0 Å². The maximum Gasteiger partial charge on any atom is 0.492 e. The van der Waals surface area contributed by atoms with Gasteiger partial charge in [-0.1, -0.05) is 0 Å². The molecule has 0 saturated carbocycles. The second kappa shape index (κ2) is 9.07. The smallest absolute Gasteiger partial charge is 0.381 e. The Morgan fingerprint density at radius 1 is 1.14 bits per heavy atom. The maximum absolute atomic E-state index is 13.2. The molecular formula is C19H15F6N3O5S2. The number of nitrogens with zero attached hydrogens (tertiary/aromatic N) is 2. The lowest BCUT2D eigenvalue weighted by Gasteiger charge is -2.31. The Balaban J connectivity index is 1.72. The lowest BCUT2D eigenvalue weighted by Crippen LogP contribution is -2.46. The molecule has 1 saturated heterocycles. The van der Waals surface area contributed by atoms with Gasteiger partial charge in [-0.25, -0.2) is 18.2 Å². The van der Waals surface area contributed by atoms with Gasteiger partial charge in [-0.15, -0.1) is 11.3 Å². The highest BCUT2D eigenvalue weighted by atomic mass is 32.2. The third kappa shape index (κ3) is 5.14. The predicted molar refractivity (Wildman–Crippen MR) is 109 cm³/mol. The molecular weight excluding hydrogens is 528 g/mol. The lowest BCUT2D eigenvalue weighted by atomic mass is 10.1. The number of sulfonamides is 1. The van der Waals surface area contributed by atoms with Crippen LogP contribution >= 0.6 is 11.3 Å². The van der Waals surface area contributed by atoms with E-state index in [9.17, 15) is 39.6 Å². The van der Waals surface area contributed by atoms with Crippen LogP contribution in [0.4, 0.5) is 26.3 Å². The van der Waals surface area contributed by atoms with Crippen molar-refractivity contribution in [1.82, 2.24) is 14.4 Å². The standard InChI is InChI=1S/C19H15F6N3O5S2/c20-18(21,22)14-9-12-11(3-6-26-16(12)27-14)13-1-2-15(34-13)35(30,31)28(10-4-7-32-8-5-10)33-17(29)19(23,24)25/h1-3,6,9-10H,4-5,7-8H2,(H,26,27). The summed E-state index contributed by atoms with van der Waals surface area (Å²) in [6.45, 7) is 0.0833. The maximum atomic E-state index is 13.2.